The van der Waals surface area contributed by atoms with Crippen molar-refractivity contribution in [2.45, 2.75) is 22.5 Å². The van der Waals surface area contributed by atoms with E-state index in [1.165, 1.54) is 37.0 Å². The van der Waals surface area contributed by atoms with Crippen LogP contribution in [-0.2, 0) is 15.8 Å². The Morgan fingerprint density at radius 3 is 2.39 bits per heavy atom. The Bertz CT molecular complexity index is 814. The average Bonchev–Trinajstić information content (AvgIpc) is 2.54. The summed E-state index contributed by atoms with van der Waals surface area (Å²) in [4.78, 5) is 11.9. The molecule has 2 N–H and O–H groups in total. The van der Waals surface area contributed by atoms with Crippen LogP contribution in [0.4, 0.5) is 0 Å². The average molecular weight is 351 g/mol. The van der Waals surface area contributed by atoms with Gasteiger partial charge in [-0.05, 0) is 37.7 Å². The van der Waals surface area contributed by atoms with Crippen molar-refractivity contribution in [3.63, 3.8) is 0 Å². The van der Waals surface area contributed by atoms with Crippen molar-refractivity contribution < 1.29 is 18.3 Å². The van der Waals surface area contributed by atoms with Crippen LogP contribution in [0.2, 0.25) is 0 Å². The Balaban J connectivity index is 2.28. The topological polar surface area (TPSA) is 83.5 Å². The third-order valence-corrected chi connectivity index (χ3v) is 5.83. The van der Waals surface area contributed by atoms with Gasteiger partial charge in [-0.3, -0.25) is 0 Å². The zero-order valence-electron chi connectivity index (χ0n) is 12.7. The van der Waals surface area contributed by atoms with Gasteiger partial charge in [0.1, 0.15) is 0 Å². The molecule has 23 heavy (non-hydrogen) atoms. The normalized spacial score (nSPS) is 11.4. The highest BCUT2D eigenvalue weighted by atomic mass is 32.2. The smallest absolute Gasteiger partial charge is 0.336 e. The third-order valence-electron chi connectivity index (χ3n) is 3.28. The molecular weight excluding hydrogens is 334 g/mol. The quantitative estimate of drug-likeness (QED) is 0.782. The van der Waals surface area contributed by atoms with Crippen LogP contribution in [-0.4, -0.2) is 26.5 Å². The molecule has 0 aromatic heterocycles. The Morgan fingerprint density at radius 1 is 1.17 bits per heavy atom. The van der Waals surface area contributed by atoms with E-state index >= 15 is 0 Å². The highest BCUT2D eigenvalue weighted by Gasteiger charge is 2.17. The zero-order valence-corrected chi connectivity index (χ0v) is 14.4. The molecule has 2 rings (SSSR count). The molecule has 0 bridgehead atoms. The number of thioether (sulfide) groups is 1. The number of sulfonamides is 1. The number of benzene rings is 2. The lowest BCUT2D eigenvalue weighted by Crippen LogP contribution is -2.19. The number of nitrogens with one attached hydrogen (secondary N) is 1. The Labute approximate surface area is 139 Å². The maximum Gasteiger partial charge on any atom is 0.336 e. The van der Waals surface area contributed by atoms with Gasteiger partial charge in [0, 0.05) is 10.6 Å². The van der Waals surface area contributed by atoms with E-state index in [2.05, 4.69) is 4.72 Å². The molecule has 0 aliphatic heterocycles. The second-order valence-electron chi connectivity index (χ2n) is 4.94. The first kappa shape index (κ1) is 17.5. The van der Waals surface area contributed by atoms with E-state index in [4.69, 9.17) is 0 Å². The molecule has 0 spiro atoms. The van der Waals surface area contributed by atoms with Crippen molar-refractivity contribution in [1.82, 2.24) is 4.72 Å². The van der Waals surface area contributed by atoms with Crippen LogP contribution in [0.1, 0.15) is 21.5 Å². The molecule has 0 radical (unpaired) electrons. The van der Waals surface area contributed by atoms with Crippen LogP contribution >= 0.6 is 11.8 Å². The van der Waals surface area contributed by atoms with Crippen molar-refractivity contribution in [2.75, 3.05) is 7.05 Å². The number of carbonyl (C=O) groups is 1. The predicted molar refractivity (Wildman–Crippen MR) is 90.4 cm³/mol. The summed E-state index contributed by atoms with van der Waals surface area (Å²) in [5, 5.41) is 9.33. The fraction of sp³-hybridized carbons (Fsp3) is 0.188. The molecule has 0 saturated heterocycles. The summed E-state index contributed by atoms with van der Waals surface area (Å²) in [6.07, 6.45) is 0. The van der Waals surface area contributed by atoms with Crippen molar-refractivity contribution in [1.29, 1.82) is 0 Å². The molecule has 0 amide bonds. The van der Waals surface area contributed by atoms with Crippen LogP contribution in [0.5, 0.6) is 0 Å². The largest absolute Gasteiger partial charge is 0.478 e. The van der Waals surface area contributed by atoms with Gasteiger partial charge in [0.2, 0.25) is 10.0 Å². The van der Waals surface area contributed by atoms with Crippen LogP contribution < -0.4 is 4.72 Å². The molecule has 2 aromatic carbocycles. The molecule has 0 saturated carbocycles. The van der Waals surface area contributed by atoms with Gasteiger partial charge in [-0.15, -0.1) is 11.8 Å². The highest BCUT2D eigenvalue weighted by molar-refractivity contribution is 7.98. The Morgan fingerprint density at radius 2 is 1.83 bits per heavy atom. The summed E-state index contributed by atoms with van der Waals surface area (Å²) in [5.74, 6) is -0.539. The Kier molecular flexibility index (Phi) is 5.46. The lowest BCUT2D eigenvalue weighted by Gasteiger charge is -2.09. The van der Waals surface area contributed by atoms with Gasteiger partial charge in [0.05, 0.1) is 10.5 Å². The third kappa shape index (κ3) is 4.34. The summed E-state index contributed by atoms with van der Waals surface area (Å²) in [7, 11) is -2.38. The minimum Gasteiger partial charge on any atom is -0.478 e. The number of hydrogen-bond donors (Lipinski definition) is 2. The second kappa shape index (κ2) is 7.16. The molecule has 7 heteroatoms. The Hall–Kier alpha value is -1.83. The molecule has 0 atom stereocenters. The van der Waals surface area contributed by atoms with Crippen molar-refractivity contribution in [2.24, 2.45) is 0 Å². The zero-order chi connectivity index (χ0) is 17.0. The highest BCUT2D eigenvalue weighted by Crippen LogP contribution is 2.28. The van der Waals surface area contributed by atoms with Crippen LogP contribution in [0.25, 0.3) is 0 Å². The first-order valence-corrected chi connectivity index (χ1v) is 9.29. The monoisotopic (exact) mass is 351 g/mol. The molecule has 122 valence electrons. The predicted octanol–water partition coefficient (Wildman–Crippen LogP) is 2.89. The van der Waals surface area contributed by atoms with Gasteiger partial charge in [0.15, 0.2) is 0 Å². The van der Waals surface area contributed by atoms with Crippen LogP contribution in [0.3, 0.4) is 0 Å². The number of hydrogen-bond acceptors (Lipinski definition) is 4. The maximum atomic E-state index is 11.8. The summed E-state index contributed by atoms with van der Waals surface area (Å²) in [6, 6.07) is 12.1. The molecule has 0 aliphatic carbocycles. The minimum absolute atomic E-state index is 0.0153. The summed E-state index contributed by atoms with van der Waals surface area (Å²) in [6.45, 7) is 2.00. The SMILES string of the molecule is CNS(=O)(=O)c1ccc(SCc2ccc(C)cc2)c(C(=O)O)c1. The second-order valence-corrected chi connectivity index (χ2v) is 7.85. The van der Waals surface area contributed by atoms with Gasteiger partial charge in [0.25, 0.3) is 0 Å². The number of rotatable bonds is 6. The molecule has 0 unspecified atom stereocenters. The molecule has 0 aliphatic rings. The van der Waals surface area contributed by atoms with Gasteiger partial charge in [-0.1, -0.05) is 29.8 Å². The molecular formula is C16H17NO4S2. The van der Waals surface area contributed by atoms with E-state index < -0.39 is 16.0 Å². The first-order chi connectivity index (χ1) is 10.8. The van der Waals surface area contributed by atoms with Gasteiger partial charge >= 0.3 is 5.97 Å². The fourth-order valence-corrected chi connectivity index (χ4v) is 3.67. The molecule has 0 heterocycles. The summed E-state index contributed by atoms with van der Waals surface area (Å²) < 4.78 is 25.8. The van der Waals surface area contributed by atoms with Gasteiger partial charge in [-0.2, -0.15) is 0 Å². The van der Waals surface area contributed by atoms with E-state index in [0.717, 1.165) is 11.1 Å². The standard InChI is InChI=1S/C16H17NO4S2/c1-11-3-5-12(6-4-11)10-22-15-8-7-13(23(20,21)17-2)9-14(15)16(18)19/h3-9,17H,10H2,1-2H3,(H,18,19). The van der Waals surface area contributed by atoms with E-state index in [9.17, 15) is 18.3 Å². The molecule has 0 fully saturated rings. The number of carboxylic acids is 1. The number of aryl methyl sites for hydroxylation is 1. The van der Waals surface area contributed by atoms with Crippen molar-refractivity contribution in [3.05, 3.63) is 59.2 Å². The summed E-state index contributed by atoms with van der Waals surface area (Å²) in [5.41, 5.74) is 2.22. The lowest BCUT2D eigenvalue weighted by atomic mass is 10.2. The first-order valence-electron chi connectivity index (χ1n) is 6.83. The van der Waals surface area contributed by atoms with E-state index in [0.29, 0.717) is 10.6 Å². The minimum atomic E-state index is -3.67. The van der Waals surface area contributed by atoms with E-state index in [1.807, 2.05) is 31.2 Å². The number of carboxylic acid groups (broad SMARTS) is 1. The maximum absolute atomic E-state index is 11.8. The molecule has 5 nitrogen and oxygen atoms in total. The van der Waals surface area contributed by atoms with Gasteiger partial charge in [-0.25, -0.2) is 17.9 Å². The van der Waals surface area contributed by atoms with E-state index in [-0.39, 0.29) is 10.5 Å². The van der Waals surface area contributed by atoms with Crippen LogP contribution in [0, 0.1) is 6.92 Å². The fourth-order valence-electron chi connectivity index (χ4n) is 1.93. The molecule has 2 aromatic rings. The van der Waals surface area contributed by atoms with E-state index in [1.54, 1.807) is 0 Å². The van der Waals surface area contributed by atoms with Crippen LogP contribution in [0.15, 0.2) is 52.3 Å². The van der Waals surface area contributed by atoms with Crippen molar-refractivity contribution in [3.8, 4) is 0 Å². The number of aromatic carboxylic acids is 1. The lowest BCUT2D eigenvalue weighted by molar-refractivity contribution is 0.0693. The van der Waals surface area contributed by atoms with Gasteiger partial charge < -0.3 is 5.11 Å². The van der Waals surface area contributed by atoms with Crippen molar-refractivity contribution >= 4 is 27.8 Å². The summed E-state index contributed by atoms with van der Waals surface area (Å²) >= 11 is 1.37.